The number of aromatic amines is 1. The Bertz CT molecular complexity index is 624. The van der Waals surface area contributed by atoms with Crippen LogP contribution in [0.4, 0.5) is 0 Å². The fourth-order valence-corrected chi connectivity index (χ4v) is 2.70. The predicted octanol–water partition coefficient (Wildman–Crippen LogP) is 1.88. The number of H-pyrrole nitrogens is 1. The van der Waals surface area contributed by atoms with E-state index in [0.717, 1.165) is 36.0 Å². The van der Waals surface area contributed by atoms with Gasteiger partial charge in [0.1, 0.15) is 5.69 Å². The molecule has 0 radical (unpaired) electrons. The van der Waals surface area contributed by atoms with Gasteiger partial charge in [-0.25, -0.2) is 0 Å². The summed E-state index contributed by atoms with van der Waals surface area (Å²) in [7, 11) is 0. The molecule has 1 aliphatic rings. The Morgan fingerprint density at radius 1 is 1.37 bits per heavy atom. The van der Waals surface area contributed by atoms with Crippen LogP contribution in [0.25, 0.3) is 10.9 Å². The third-order valence-electron chi connectivity index (χ3n) is 3.84. The summed E-state index contributed by atoms with van der Waals surface area (Å²) in [6, 6.07) is 6.46. The third-order valence-corrected chi connectivity index (χ3v) is 3.84. The number of fused-ring (bicyclic) bond motifs is 1. The number of amides is 1. The molecule has 0 spiro atoms. The van der Waals surface area contributed by atoms with Gasteiger partial charge in [-0.2, -0.15) is 0 Å². The maximum Gasteiger partial charge on any atom is 0.268 e. The molecule has 1 amide bonds. The molecule has 1 aliphatic heterocycles. The van der Waals surface area contributed by atoms with Crippen LogP contribution >= 0.6 is 0 Å². The molecule has 0 bridgehead atoms. The van der Waals surface area contributed by atoms with Crippen molar-refractivity contribution in [1.29, 1.82) is 0 Å². The Hall–Kier alpha value is -1.81. The molecule has 0 aliphatic carbocycles. The fraction of sp³-hybridized carbons (Fsp3) is 0.400. The average Bonchev–Trinajstić information content (AvgIpc) is 2.98. The lowest BCUT2D eigenvalue weighted by molar-refractivity contribution is 0.0935. The summed E-state index contributed by atoms with van der Waals surface area (Å²) in [5.74, 6) is 0.0000491. The zero-order valence-corrected chi connectivity index (χ0v) is 11.3. The minimum atomic E-state index is 0.0000491. The maximum absolute atomic E-state index is 12.3. The second-order valence-electron chi connectivity index (χ2n) is 5.34. The summed E-state index contributed by atoms with van der Waals surface area (Å²) in [6.07, 6.45) is 1.00. The molecular formula is C15H19N3O. The highest BCUT2D eigenvalue weighted by Gasteiger charge is 2.20. The highest BCUT2D eigenvalue weighted by atomic mass is 16.2. The van der Waals surface area contributed by atoms with Crippen LogP contribution in [0.15, 0.2) is 18.2 Å². The molecule has 19 heavy (non-hydrogen) atoms. The Balaban J connectivity index is 1.91. The van der Waals surface area contributed by atoms with Crippen LogP contribution < -0.4 is 10.6 Å². The largest absolute Gasteiger partial charge is 0.350 e. The van der Waals surface area contributed by atoms with Gasteiger partial charge in [0.25, 0.3) is 5.91 Å². The third kappa shape index (κ3) is 2.24. The molecular weight excluding hydrogens is 238 g/mol. The normalized spacial score (nSPS) is 18.9. The summed E-state index contributed by atoms with van der Waals surface area (Å²) >= 11 is 0. The van der Waals surface area contributed by atoms with Gasteiger partial charge in [-0.1, -0.05) is 11.6 Å². The van der Waals surface area contributed by atoms with Gasteiger partial charge in [0.05, 0.1) is 0 Å². The number of hydrogen-bond acceptors (Lipinski definition) is 2. The first-order chi connectivity index (χ1) is 9.15. The van der Waals surface area contributed by atoms with Crippen molar-refractivity contribution in [2.45, 2.75) is 26.3 Å². The van der Waals surface area contributed by atoms with E-state index in [1.54, 1.807) is 0 Å². The van der Waals surface area contributed by atoms with Crippen LogP contribution in [0, 0.1) is 13.8 Å². The van der Waals surface area contributed by atoms with Crippen LogP contribution in [0.5, 0.6) is 0 Å². The Morgan fingerprint density at radius 2 is 2.21 bits per heavy atom. The van der Waals surface area contributed by atoms with E-state index in [0.29, 0.717) is 5.69 Å². The van der Waals surface area contributed by atoms with Crippen LogP contribution in [0.2, 0.25) is 0 Å². The monoisotopic (exact) mass is 257 g/mol. The lowest BCUT2D eigenvalue weighted by atomic mass is 10.1. The van der Waals surface area contributed by atoms with E-state index in [1.807, 2.05) is 13.0 Å². The molecule has 1 fully saturated rings. The number of hydrogen-bond donors (Lipinski definition) is 3. The first-order valence-electron chi connectivity index (χ1n) is 6.75. The van der Waals surface area contributed by atoms with Crippen molar-refractivity contribution in [3.05, 3.63) is 35.0 Å². The van der Waals surface area contributed by atoms with Crippen molar-refractivity contribution in [1.82, 2.24) is 15.6 Å². The molecule has 2 aromatic rings. The zero-order chi connectivity index (χ0) is 13.4. The fourth-order valence-electron chi connectivity index (χ4n) is 2.70. The Labute approximate surface area is 112 Å². The van der Waals surface area contributed by atoms with Crippen LogP contribution in [-0.4, -0.2) is 30.0 Å². The molecule has 1 aromatic carbocycles. The van der Waals surface area contributed by atoms with Gasteiger partial charge in [-0.3, -0.25) is 4.79 Å². The predicted molar refractivity (Wildman–Crippen MR) is 76.5 cm³/mol. The number of benzene rings is 1. The number of carbonyl (C=O) groups excluding carboxylic acids is 1. The molecule has 100 valence electrons. The van der Waals surface area contributed by atoms with E-state index in [2.05, 4.69) is 34.7 Å². The molecule has 0 unspecified atom stereocenters. The second-order valence-corrected chi connectivity index (χ2v) is 5.34. The van der Waals surface area contributed by atoms with Gasteiger partial charge in [0, 0.05) is 23.5 Å². The molecule has 1 aromatic heterocycles. The van der Waals surface area contributed by atoms with Crippen LogP contribution in [-0.2, 0) is 0 Å². The number of aryl methyl sites for hydroxylation is 2. The molecule has 3 rings (SSSR count). The van der Waals surface area contributed by atoms with Crippen molar-refractivity contribution in [2.24, 2.45) is 0 Å². The summed E-state index contributed by atoms with van der Waals surface area (Å²) in [5, 5.41) is 7.47. The summed E-state index contributed by atoms with van der Waals surface area (Å²) in [5.41, 5.74) is 3.95. The van der Waals surface area contributed by atoms with Gasteiger partial charge >= 0.3 is 0 Å². The molecule has 1 saturated heterocycles. The summed E-state index contributed by atoms with van der Waals surface area (Å²) in [6.45, 7) is 5.91. The van der Waals surface area contributed by atoms with E-state index in [9.17, 15) is 4.79 Å². The van der Waals surface area contributed by atoms with Crippen molar-refractivity contribution in [2.75, 3.05) is 13.1 Å². The number of carbonyl (C=O) groups is 1. The van der Waals surface area contributed by atoms with Crippen molar-refractivity contribution in [3.63, 3.8) is 0 Å². The van der Waals surface area contributed by atoms with E-state index in [4.69, 9.17) is 0 Å². The standard InChI is InChI=1S/C15H19N3O/c1-9-3-4-13-12(7-9)10(2)14(18-13)15(19)17-11-5-6-16-8-11/h3-4,7,11,16,18H,5-6,8H2,1-2H3,(H,17,19)/t11-/m0/s1. The number of nitrogens with one attached hydrogen (secondary N) is 3. The first kappa shape index (κ1) is 12.2. The topological polar surface area (TPSA) is 56.9 Å². The minimum absolute atomic E-state index is 0.0000491. The number of aromatic nitrogens is 1. The lowest BCUT2D eigenvalue weighted by Gasteiger charge is -2.10. The second kappa shape index (κ2) is 4.70. The van der Waals surface area contributed by atoms with Crippen LogP contribution in [0.3, 0.4) is 0 Å². The summed E-state index contributed by atoms with van der Waals surface area (Å²) < 4.78 is 0. The molecule has 0 saturated carbocycles. The van der Waals surface area contributed by atoms with E-state index in [1.165, 1.54) is 5.56 Å². The smallest absolute Gasteiger partial charge is 0.268 e. The maximum atomic E-state index is 12.3. The molecule has 2 heterocycles. The van der Waals surface area contributed by atoms with Gasteiger partial charge < -0.3 is 15.6 Å². The van der Waals surface area contributed by atoms with Crippen molar-refractivity contribution in [3.8, 4) is 0 Å². The average molecular weight is 257 g/mol. The van der Waals surface area contributed by atoms with Gasteiger partial charge in [-0.05, 0) is 44.5 Å². The Morgan fingerprint density at radius 3 is 2.95 bits per heavy atom. The first-order valence-corrected chi connectivity index (χ1v) is 6.75. The molecule has 4 heteroatoms. The lowest BCUT2D eigenvalue weighted by Crippen LogP contribution is -2.36. The molecule has 3 N–H and O–H groups in total. The van der Waals surface area contributed by atoms with E-state index in [-0.39, 0.29) is 11.9 Å². The number of rotatable bonds is 2. The zero-order valence-electron chi connectivity index (χ0n) is 11.3. The quantitative estimate of drug-likeness (QED) is 0.769. The van der Waals surface area contributed by atoms with E-state index < -0.39 is 0 Å². The highest BCUT2D eigenvalue weighted by molar-refractivity contribution is 6.01. The molecule has 4 nitrogen and oxygen atoms in total. The minimum Gasteiger partial charge on any atom is -0.350 e. The Kier molecular flexibility index (Phi) is 3.03. The van der Waals surface area contributed by atoms with Crippen molar-refractivity contribution < 1.29 is 4.79 Å². The molecule has 1 atom stereocenters. The van der Waals surface area contributed by atoms with Gasteiger partial charge in [0.2, 0.25) is 0 Å². The van der Waals surface area contributed by atoms with Gasteiger partial charge in [0.15, 0.2) is 0 Å². The van der Waals surface area contributed by atoms with E-state index >= 15 is 0 Å². The SMILES string of the molecule is Cc1ccc2[nH]c(C(=O)N[C@H]3CCNC3)c(C)c2c1. The highest BCUT2D eigenvalue weighted by Crippen LogP contribution is 2.22. The van der Waals surface area contributed by atoms with Crippen molar-refractivity contribution >= 4 is 16.8 Å². The summed E-state index contributed by atoms with van der Waals surface area (Å²) in [4.78, 5) is 15.5. The van der Waals surface area contributed by atoms with Gasteiger partial charge in [-0.15, -0.1) is 0 Å². The van der Waals surface area contributed by atoms with Crippen LogP contribution in [0.1, 0.15) is 28.0 Å².